The largest absolute Gasteiger partial charge is 0.399 e. The lowest BCUT2D eigenvalue weighted by Crippen LogP contribution is -2.27. The number of carbonyl (C=O) groups excluding carboxylic acids is 1. The van der Waals surface area contributed by atoms with Gasteiger partial charge in [0.2, 0.25) is 0 Å². The molecule has 0 aliphatic carbocycles. The van der Waals surface area contributed by atoms with E-state index in [1.54, 1.807) is 30.1 Å². The Morgan fingerprint density at radius 3 is 2.82 bits per heavy atom. The van der Waals surface area contributed by atoms with Gasteiger partial charge in [0.05, 0.1) is 0 Å². The summed E-state index contributed by atoms with van der Waals surface area (Å²) in [7, 11) is 1.77. The van der Waals surface area contributed by atoms with Gasteiger partial charge in [0.25, 0.3) is 5.91 Å². The molecule has 0 aromatic heterocycles. The van der Waals surface area contributed by atoms with Crippen LogP contribution in [-0.2, 0) is 0 Å². The van der Waals surface area contributed by atoms with Crippen LogP contribution in [0.2, 0.25) is 5.02 Å². The minimum atomic E-state index is -0.0664. The fourth-order valence-electron chi connectivity index (χ4n) is 1.53. The third-order valence-electron chi connectivity index (χ3n) is 2.42. The number of benzene rings is 1. The molecule has 0 unspecified atom stereocenters. The average molecular weight is 253 g/mol. The number of unbranched alkanes of at least 4 members (excludes halogenated alkanes) is 1. The van der Waals surface area contributed by atoms with E-state index >= 15 is 0 Å². The molecular formula is C13H17ClN2O. The molecule has 4 heteroatoms. The number of hydrogen-bond acceptors (Lipinski definition) is 2. The Hall–Kier alpha value is -1.48. The van der Waals surface area contributed by atoms with E-state index in [4.69, 9.17) is 17.3 Å². The van der Waals surface area contributed by atoms with Crippen molar-refractivity contribution in [3.8, 4) is 0 Å². The van der Waals surface area contributed by atoms with Gasteiger partial charge in [-0.2, -0.15) is 0 Å². The van der Waals surface area contributed by atoms with Crippen LogP contribution >= 0.6 is 11.6 Å². The topological polar surface area (TPSA) is 46.3 Å². The van der Waals surface area contributed by atoms with Crippen molar-refractivity contribution in [2.24, 2.45) is 0 Å². The van der Waals surface area contributed by atoms with Crippen LogP contribution in [0.3, 0.4) is 0 Å². The first-order valence-electron chi connectivity index (χ1n) is 5.47. The summed E-state index contributed by atoms with van der Waals surface area (Å²) >= 11 is 5.86. The zero-order chi connectivity index (χ0) is 12.8. The van der Waals surface area contributed by atoms with Gasteiger partial charge in [-0.15, -0.1) is 6.58 Å². The number of nitrogens with zero attached hydrogens (tertiary/aromatic N) is 1. The van der Waals surface area contributed by atoms with Gasteiger partial charge in [-0.25, -0.2) is 0 Å². The highest BCUT2D eigenvalue weighted by molar-refractivity contribution is 6.31. The van der Waals surface area contributed by atoms with Gasteiger partial charge in [0.1, 0.15) is 0 Å². The van der Waals surface area contributed by atoms with E-state index in [2.05, 4.69) is 6.58 Å². The number of hydrogen-bond donors (Lipinski definition) is 1. The number of carbonyl (C=O) groups is 1. The van der Waals surface area contributed by atoms with E-state index in [0.717, 1.165) is 12.8 Å². The predicted octanol–water partition coefficient (Wildman–Crippen LogP) is 2.96. The highest BCUT2D eigenvalue weighted by Gasteiger charge is 2.12. The van der Waals surface area contributed by atoms with Crippen LogP contribution in [0.1, 0.15) is 23.2 Å². The molecule has 0 heterocycles. The molecule has 0 aliphatic rings. The molecule has 0 bridgehead atoms. The molecule has 1 aromatic rings. The molecule has 0 radical (unpaired) electrons. The summed E-state index contributed by atoms with van der Waals surface area (Å²) in [4.78, 5) is 13.7. The molecule has 0 saturated heterocycles. The number of nitrogens with two attached hydrogens (primary N) is 1. The molecule has 2 N–H and O–H groups in total. The highest BCUT2D eigenvalue weighted by atomic mass is 35.5. The monoisotopic (exact) mass is 252 g/mol. The minimum absolute atomic E-state index is 0.0664. The Kier molecular flexibility index (Phi) is 5.04. The van der Waals surface area contributed by atoms with Gasteiger partial charge in [-0.05, 0) is 31.0 Å². The van der Waals surface area contributed by atoms with Crippen LogP contribution in [0.5, 0.6) is 0 Å². The SMILES string of the molecule is C=CCCCN(C)C(=O)c1cc(N)cc(Cl)c1. The van der Waals surface area contributed by atoms with Crippen molar-refractivity contribution in [2.75, 3.05) is 19.3 Å². The van der Waals surface area contributed by atoms with Crippen molar-refractivity contribution in [1.29, 1.82) is 0 Å². The van der Waals surface area contributed by atoms with Crippen molar-refractivity contribution < 1.29 is 4.79 Å². The van der Waals surface area contributed by atoms with Crippen LogP contribution in [0.4, 0.5) is 5.69 Å². The first kappa shape index (κ1) is 13.6. The summed E-state index contributed by atoms with van der Waals surface area (Å²) in [6.07, 6.45) is 3.65. The Balaban J connectivity index is 2.70. The molecule has 1 amide bonds. The lowest BCUT2D eigenvalue weighted by Gasteiger charge is -2.17. The second kappa shape index (κ2) is 6.30. The number of halogens is 1. The third-order valence-corrected chi connectivity index (χ3v) is 2.63. The molecule has 3 nitrogen and oxygen atoms in total. The third kappa shape index (κ3) is 4.11. The second-order valence-corrected chi connectivity index (χ2v) is 4.37. The molecule has 0 atom stereocenters. The van der Waals surface area contributed by atoms with Crippen LogP contribution in [0, 0.1) is 0 Å². The quantitative estimate of drug-likeness (QED) is 0.498. The highest BCUT2D eigenvalue weighted by Crippen LogP contribution is 2.17. The van der Waals surface area contributed by atoms with E-state index in [-0.39, 0.29) is 5.91 Å². The standard InChI is InChI=1S/C13H17ClN2O/c1-3-4-5-6-16(2)13(17)10-7-11(14)9-12(15)8-10/h3,7-9H,1,4-6,15H2,2H3. The van der Waals surface area contributed by atoms with Crippen molar-refractivity contribution in [3.63, 3.8) is 0 Å². The maximum Gasteiger partial charge on any atom is 0.253 e. The molecule has 0 saturated carbocycles. The summed E-state index contributed by atoms with van der Waals surface area (Å²) < 4.78 is 0. The van der Waals surface area contributed by atoms with Crippen LogP contribution in [0.25, 0.3) is 0 Å². The molecule has 92 valence electrons. The fraction of sp³-hybridized carbons (Fsp3) is 0.308. The Morgan fingerprint density at radius 1 is 1.53 bits per heavy atom. The van der Waals surface area contributed by atoms with Crippen molar-refractivity contribution in [3.05, 3.63) is 41.4 Å². The molecule has 0 spiro atoms. The zero-order valence-corrected chi connectivity index (χ0v) is 10.7. The van der Waals surface area contributed by atoms with Gasteiger partial charge in [0, 0.05) is 29.9 Å². The molecule has 1 aromatic carbocycles. The van der Waals surface area contributed by atoms with Gasteiger partial charge in [-0.1, -0.05) is 17.7 Å². The fourth-order valence-corrected chi connectivity index (χ4v) is 1.77. The molecular weight excluding hydrogens is 236 g/mol. The molecule has 0 fully saturated rings. The predicted molar refractivity (Wildman–Crippen MR) is 72.3 cm³/mol. The average Bonchev–Trinajstić information content (AvgIpc) is 2.27. The Labute approximate surface area is 107 Å². The van der Waals surface area contributed by atoms with E-state index in [1.165, 1.54) is 0 Å². The summed E-state index contributed by atoms with van der Waals surface area (Å²) in [5.74, 6) is -0.0664. The van der Waals surface area contributed by atoms with E-state index in [0.29, 0.717) is 22.8 Å². The maximum atomic E-state index is 12.0. The summed E-state index contributed by atoms with van der Waals surface area (Å²) in [6, 6.07) is 4.89. The van der Waals surface area contributed by atoms with E-state index in [1.807, 2.05) is 6.08 Å². The molecule has 17 heavy (non-hydrogen) atoms. The number of amides is 1. The van der Waals surface area contributed by atoms with Crippen molar-refractivity contribution in [1.82, 2.24) is 4.90 Å². The first-order chi connectivity index (χ1) is 8.04. The smallest absolute Gasteiger partial charge is 0.253 e. The summed E-state index contributed by atoms with van der Waals surface area (Å²) in [5.41, 5.74) is 6.68. The first-order valence-corrected chi connectivity index (χ1v) is 5.85. The van der Waals surface area contributed by atoms with Crippen LogP contribution < -0.4 is 5.73 Å². The lowest BCUT2D eigenvalue weighted by molar-refractivity contribution is 0.0794. The van der Waals surface area contributed by atoms with E-state index < -0.39 is 0 Å². The van der Waals surface area contributed by atoms with Crippen LogP contribution in [-0.4, -0.2) is 24.4 Å². The van der Waals surface area contributed by atoms with E-state index in [9.17, 15) is 4.79 Å². The van der Waals surface area contributed by atoms with Gasteiger partial charge in [0.15, 0.2) is 0 Å². The maximum absolute atomic E-state index is 12.0. The lowest BCUT2D eigenvalue weighted by atomic mass is 10.1. The van der Waals surface area contributed by atoms with Crippen molar-refractivity contribution >= 4 is 23.2 Å². The second-order valence-electron chi connectivity index (χ2n) is 3.93. The van der Waals surface area contributed by atoms with Gasteiger partial charge < -0.3 is 10.6 Å². The Bertz CT molecular complexity index is 398. The number of allylic oxidation sites excluding steroid dienone is 1. The van der Waals surface area contributed by atoms with Gasteiger partial charge >= 0.3 is 0 Å². The molecule has 1 rings (SSSR count). The minimum Gasteiger partial charge on any atom is -0.399 e. The zero-order valence-electron chi connectivity index (χ0n) is 9.95. The Morgan fingerprint density at radius 2 is 2.24 bits per heavy atom. The summed E-state index contributed by atoms with van der Waals surface area (Å²) in [6.45, 7) is 4.34. The number of rotatable bonds is 5. The summed E-state index contributed by atoms with van der Waals surface area (Å²) in [5, 5.41) is 0.479. The molecule has 0 aliphatic heterocycles. The van der Waals surface area contributed by atoms with Crippen LogP contribution in [0.15, 0.2) is 30.9 Å². The number of nitrogen functional groups attached to an aromatic ring is 1. The van der Waals surface area contributed by atoms with Crippen molar-refractivity contribution in [2.45, 2.75) is 12.8 Å². The number of anilines is 1. The normalized spacial score (nSPS) is 10.0. The van der Waals surface area contributed by atoms with Gasteiger partial charge in [-0.3, -0.25) is 4.79 Å².